The summed E-state index contributed by atoms with van der Waals surface area (Å²) >= 11 is 7.59. The van der Waals surface area contributed by atoms with Crippen LogP contribution in [0.1, 0.15) is 29.2 Å². The van der Waals surface area contributed by atoms with E-state index in [0.29, 0.717) is 10.5 Å². The first kappa shape index (κ1) is 23.7. The maximum Gasteiger partial charge on any atom is 0.323 e. The highest BCUT2D eigenvalue weighted by Crippen LogP contribution is 2.35. The number of aliphatic carboxylic acids is 1. The van der Waals surface area contributed by atoms with Crippen molar-refractivity contribution >= 4 is 74.9 Å². The number of rotatable bonds is 8. The molecule has 1 N–H and O–H groups in total. The third kappa shape index (κ3) is 5.46. The average Bonchev–Trinajstić information content (AvgIpc) is 3.34. The lowest BCUT2D eigenvalue weighted by Crippen LogP contribution is -2.33. The van der Waals surface area contributed by atoms with Crippen molar-refractivity contribution < 1.29 is 14.7 Å². The number of nitrogens with zero attached hydrogens (tertiary/aromatic N) is 3. The Bertz CT molecular complexity index is 1140. The molecule has 1 saturated heterocycles. The molecule has 2 heterocycles. The Kier molecular flexibility index (Phi) is 7.85. The number of thioether (sulfide) groups is 1. The van der Waals surface area contributed by atoms with Crippen LogP contribution in [0.3, 0.4) is 0 Å². The fourth-order valence-electron chi connectivity index (χ4n) is 3.17. The maximum atomic E-state index is 12.4. The molecule has 1 amide bonds. The maximum absolute atomic E-state index is 12.4. The minimum absolute atomic E-state index is 0.228. The number of thiophene rings is 1. The molecule has 6 nitrogen and oxygen atoms in total. The fraction of sp³-hybridized carbons (Fsp3) is 0.217. The van der Waals surface area contributed by atoms with Gasteiger partial charge in [-0.25, -0.2) is 0 Å². The van der Waals surface area contributed by atoms with Crippen molar-refractivity contribution in [2.75, 3.05) is 24.5 Å². The Morgan fingerprint density at radius 3 is 2.50 bits per heavy atom. The van der Waals surface area contributed by atoms with Gasteiger partial charge >= 0.3 is 5.97 Å². The lowest BCUT2D eigenvalue weighted by atomic mass is 10.1. The van der Waals surface area contributed by atoms with Crippen molar-refractivity contribution in [1.29, 1.82) is 5.26 Å². The van der Waals surface area contributed by atoms with Gasteiger partial charge in [-0.1, -0.05) is 36.1 Å². The summed E-state index contributed by atoms with van der Waals surface area (Å²) in [5.41, 5.74) is 2.61. The summed E-state index contributed by atoms with van der Waals surface area (Å²) in [5.74, 6) is -1.53. The molecule has 0 spiro atoms. The summed E-state index contributed by atoms with van der Waals surface area (Å²) in [6.07, 6.45) is 3.52. The minimum Gasteiger partial charge on any atom is -0.480 e. The third-order valence-corrected chi connectivity index (χ3v) is 7.23. The van der Waals surface area contributed by atoms with Crippen molar-refractivity contribution in [3.63, 3.8) is 0 Å². The van der Waals surface area contributed by atoms with E-state index in [1.54, 1.807) is 6.08 Å². The number of anilines is 1. The third-order valence-electron chi connectivity index (χ3n) is 4.79. The largest absolute Gasteiger partial charge is 0.480 e. The number of thiocarbonyl (C=S) groups is 1. The predicted molar refractivity (Wildman–Crippen MR) is 135 cm³/mol. The van der Waals surface area contributed by atoms with E-state index in [9.17, 15) is 14.9 Å². The number of carboxylic acid groups (broad SMARTS) is 1. The topological polar surface area (TPSA) is 84.6 Å². The average molecular weight is 484 g/mol. The molecule has 0 aliphatic carbocycles. The number of carboxylic acids is 1. The van der Waals surface area contributed by atoms with Crippen molar-refractivity contribution in [3.8, 4) is 6.07 Å². The Morgan fingerprint density at radius 1 is 1.22 bits per heavy atom. The van der Waals surface area contributed by atoms with Crippen LogP contribution < -0.4 is 4.90 Å². The van der Waals surface area contributed by atoms with Gasteiger partial charge in [0.15, 0.2) is 0 Å². The van der Waals surface area contributed by atoms with Crippen LogP contribution in [0, 0.1) is 11.3 Å². The highest BCUT2D eigenvalue weighted by atomic mass is 32.2. The number of nitriles is 1. The first-order valence-electron chi connectivity index (χ1n) is 9.90. The molecule has 32 heavy (non-hydrogen) atoms. The van der Waals surface area contributed by atoms with E-state index < -0.39 is 18.4 Å². The molecule has 9 heteroatoms. The van der Waals surface area contributed by atoms with Crippen molar-refractivity contribution in [3.05, 3.63) is 56.6 Å². The molecule has 2 aromatic rings. The van der Waals surface area contributed by atoms with E-state index in [-0.39, 0.29) is 4.32 Å². The van der Waals surface area contributed by atoms with E-state index >= 15 is 0 Å². The number of benzene rings is 1. The number of amides is 1. The fourth-order valence-corrected chi connectivity index (χ4v) is 5.41. The summed E-state index contributed by atoms with van der Waals surface area (Å²) in [7, 11) is 0. The van der Waals surface area contributed by atoms with E-state index in [2.05, 4.69) is 24.8 Å². The van der Waals surface area contributed by atoms with Crippen LogP contribution in [-0.4, -0.2) is 45.8 Å². The zero-order valence-electron chi connectivity index (χ0n) is 17.6. The van der Waals surface area contributed by atoms with E-state index in [1.165, 1.54) is 11.3 Å². The summed E-state index contributed by atoms with van der Waals surface area (Å²) in [5, 5.41) is 18.6. The van der Waals surface area contributed by atoms with Gasteiger partial charge in [-0.3, -0.25) is 14.5 Å². The van der Waals surface area contributed by atoms with E-state index in [4.69, 9.17) is 17.3 Å². The first-order valence-corrected chi connectivity index (χ1v) is 11.9. The lowest BCUT2D eigenvalue weighted by molar-refractivity contribution is -0.140. The highest BCUT2D eigenvalue weighted by Gasteiger charge is 2.33. The standard InChI is InChI=1S/C23H21N3O3S3/c1-3-25(4-2)17-7-5-15(6-8-17)11-16(13-24)19-10-9-18(31-19)12-20-22(29)26(14-21(27)28)23(30)32-20/h5-12H,3-4,14H2,1-2H3,(H,27,28)/b16-11+,20-12-. The molecule has 0 unspecified atom stereocenters. The Morgan fingerprint density at radius 2 is 1.91 bits per heavy atom. The Balaban J connectivity index is 1.80. The molecular weight excluding hydrogens is 462 g/mol. The Hall–Kier alpha value is -2.93. The predicted octanol–water partition coefficient (Wildman–Crippen LogP) is 4.94. The number of allylic oxidation sites excluding steroid dienone is 1. The summed E-state index contributed by atoms with van der Waals surface area (Å²) in [4.78, 5) is 28.6. The monoisotopic (exact) mass is 483 g/mol. The molecule has 0 bridgehead atoms. The van der Waals surface area contributed by atoms with Crippen LogP contribution in [0.2, 0.25) is 0 Å². The molecule has 164 valence electrons. The van der Waals surface area contributed by atoms with Gasteiger partial charge in [0, 0.05) is 28.5 Å². The van der Waals surface area contributed by atoms with Crippen LogP contribution >= 0.6 is 35.3 Å². The Labute approximate surface area is 200 Å². The van der Waals surface area contributed by atoms with Gasteiger partial charge in [0.2, 0.25) is 0 Å². The summed E-state index contributed by atoms with van der Waals surface area (Å²) < 4.78 is 0.228. The first-order chi connectivity index (χ1) is 15.4. The summed E-state index contributed by atoms with van der Waals surface area (Å²) in [6, 6.07) is 14.0. The zero-order valence-corrected chi connectivity index (χ0v) is 20.0. The minimum atomic E-state index is -1.12. The van der Waals surface area contributed by atoms with Crippen molar-refractivity contribution in [2.45, 2.75) is 13.8 Å². The second kappa shape index (κ2) is 10.6. The van der Waals surface area contributed by atoms with Crippen molar-refractivity contribution in [2.24, 2.45) is 0 Å². The van der Waals surface area contributed by atoms with Gasteiger partial charge in [-0.15, -0.1) is 11.3 Å². The second-order valence-electron chi connectivity index (χ2n) is 6.80. The van der Waals surface area contributed by atoms with Gasteiger partial charge in [0.1, 0.15) is 16.9 Å². The van der Waals surface area contributed by atoms with Crippen LogP contribution in [-0.2, 0) is 9.59 Å². The van der Waals surface area contributed by atoms with Crippen LogP contribution in [0.15, 0.2) is 41.3 Å². The lowest BCUT2D eigenvalue weighted by Gasteiger charge is -2.20. The van der Waals surface area contributed by atoms with Gasteiger partial charge in [-0.05, 0) is 55.8 Å². The molecular formula is C23H21N3O3S3. The number of carbonyl (C=O) groups excluding carboxylic acids is 1. The molecule has 1 aliphatic rings. The molecule has 0 saturated carbocycles. The van der Waals surface area contributed by atoms with Gasteiger partial charge < -0.3 is 10.0 Å². The van der Waals surface area contributed by atoms with Gasteiger partial charge in [0.25, 0.3) is 5.91 Å². The van der Waals surface area contributed by atoms with E-state index in [0.717, 1.165) is 50.8 Å². The normalized spacial score (nSPS) is 15.3. The van der Waals surface area contributed by atoms with Gasteiger partial charge in [-0.2, -0.15) is 5.26 Å². The van der Waals surface area contributed by atoms with E-state index in [1.807, 2.05) is 42.5 Å². The molecule has 1 fully saturated rings. The highest BCUT2D eigenvalue weighted by molar-refractivity contribution is 8.26. The van der Waals surface area contributed by atoms with Crippen LogP contribution in [0.4, 0.5) is 5.69 Å². The number of carbonyl (C=O) groups is 2. The molecule has 0 radical (unpaired) electrons. The van der Waals surface area contributed by atoms with Crippen molar-refractivity contribution in [1.82, 2.24) is 4.90 Å². The molecule has 1 aromatic carbocycles. The quantitative estimate of drug-likeness (QED) is 0.323. The van der Waals surface area contributed by atoms with Crippen LogP contribution in [0.25, 0.3) is 17.7 Å². The smallest absolute Gasteiger partial charge is 0.323 e. The second-order valence-corrected chi connectivity index (χ2v) is 9.59. The molecule has 1 aliphatic heterocycles. The molecule has 3 rings (SSSR count). The van der Waals surface area contributed by atoms with Crippen LogP contribution in [0.5, 0.6) is 0 Å². The summed E-state index contributed by atoms with van der Waals surface area (Å²) in [6.45, 7) is 5.64. The SMILES string of the molecule is CCN(CC)c1ccc(/C=C(\C#N)c2ccc(/C=C3\SC(=S)N(CC(=O)O)C3=O)s2)cc1. The molecule has 1 aromatic heterocycles. The zero-order chi connectivity index (χ0) is 23.3. The van der Waals surface area contributed by atoms with Gasteiger partial charge in [0.05, 0.1) is 10.5 Å². The number of hydrogen-bond donors (Lipinski definition) is 1. The number of hydrogen-bond acceptors (Lipinski definition) is 7. The molecule has 0 atom stereocenters.